The molecule has 1 aromatic heterocycles. The Kier molecular flexibility index (Phi) is 6.03. The van der Waals surface area contributed by atoms with Gasteiger partial charge in [0.25, 0.3) is 5.91 Å². The van der Waals surface area contributed by atoms with E-state index in [0.29, 0.717) is 23.2 Å². The average molecular weight is 386 g/mol. The van der Waals surface area contributed by atoms with Gasteiger partial charge < -0.3 is 9.47 Å². The molecule has 1 amide bonds. The molecule has 0 radical (unpaired) electrons. The van der Waals surface area contributed by atoms with Crippen LogP contribution in [0.1, 0.15) is 11.8 Å². The number of ether oxygens (including phenoxy) is 2. The first kappa shape index (κ1) is 18.8. The number of hydrogen-bond donors (Lipinski definition) is 1. The largest absolute Gasteiger partial charge is 0.490 e. The van der Waals surface area contributed by atoms with Crippen LogP contribution in [0.2, 0.25) is 0 Å². The van der Waals surface area contributed by atoms with Gasteiger partial charge in [0.05, 0.1) is 12.3 Å². The summed E-state index contributed by atoms with van der Waals surface area (Å²) in [4.78, 5) is 17.6. The van der Waals surface area contributed by atoms with E-state index in [2.05, 4.69) is 10.3 Å². The number of halogens is 1. The highest BCUT2D eigenvalue weighted by Crippen LogP contribution is 2.30. The summed E-state index contributed by atoms with van der Waals surface area (Å²) in [6.45, 7) is 4.14. The lowest BCUT2D eigenvalue weighted by Crippen LogP contribution is -2.20. The Balaban J connectivity index is 1.63. The third-order valence-electron chi connectivity index (χ3n) is 3.67. The number of anilines is 1. The Morgan fingerprint density at radius 2 is 1.78 bits per heavy atom. The summed E-state index contributed by atoms with van der Waals surface area (Å²) in [5, 5.41) is 3.21. The van der Waals surface area contributed by atoms with E-state index < -0.39 is 0 Å². The first-order chi connectivity index (χ1) is 13.1. The van der Waals surface area contributed by atoms with Crippen molar-refractivity contribution < 1.29 is 18.7 Å². The molecular formula is C20H19FN2O3S. The summed E-state index contributed by atoms with van der Waals surface area (Å²) < 4.78 is 24.1. The van der Waals surface area contributed by atoms with E-state index in [9.17, 15) is 9.18 Å². The summed E-state index contributed by atoms with van der Waals surface area (Å²) in [6, 6.07) is 13.3. The number of carbonyl (C=O) groups excluding carboxylic acids is 1. The third kappa shape index (κ3) is 4.83. The molecule has 3 rings (SSSR count). The van der Waals surface area contributed by atoms with Gasteiger partial charge in [-0.1, -0.05) is 12.1 Å². The number of amides is 1. The number of nitrogens with one attached hydrogen (secondary N) is 1. The molecule has 0 saturated heterocycles. The molecule has 0 atom stereocenters. The predicted octanol–water partition coefficient (Wildman–Crippen LogP) is 4.67. The summed E-state index contributed by atoms with van der Waals surface area (Å²) >= 11 is 1.36. The Morgan fingerprint density at radius 3 is 2.44 bits per heavy atom. The molecule has 27 heavy (non-hydrogen) atoms. The van der Waals surface area contributed by atoms with E-state index in [4.69, 9.17) is 9.47 Å². The minimum Gasteiger partial charge on any atom is -0.490 e. The van der Waals surface area contributed by atoms with Gasteiger partial charge >= 0.3 is 0 Å². The lowest BCUT2D eigenvalue weighted by molar-refractivity contribution is -0.118. The average Bonchev–Trinajstić information content (AvgIpc) is 3.02. The van der Waals surface area contributed by atoms with Crippen molar-refractivity contribution in [3.63, 3.8) is 0 Å². The van der Waals surface area contributed by atoms with Crippen molar-refractivity contribution in [2.45, 2.75) is 13.8 Å². The second-order valence-corrected chi connectivity index (χ2v) is 6.85. The molecule has 0 aliphatic heterocycles. The quantitative estimate of drug-likeness (QED) is 0.641. The summed E-state index contributed by atoms with van der Waals surface area (Å²) in [6.07, 6.45) is 0. The molecule has 0 bridgehead atoms. The van der Waals surface area contributed by atoms with Gasteiger partial charge in [-0.3, -0.25) is 10.1 Å². The van der Waals surface area contributed by atoms with Gasteiger partial charge in [-0.25, -0.2) is 9.37 Å². The fourth-order valence-corrected chi connectivity index (χ4v) is 3.32. The number of para-hydroxylation sites is 2. The van der Waals surface area contributed by atoms with Crippen LogP contribution in [0, 0.1) is 12.7 Å². The maximum Gasteiger partial charge on any atom is 0.264 e. The predicted molar refractivity (Wildman–Crippen MR) is 104 cm³/mol. The fourth-order valence-electron chi connectivity index (χ4n) is 2.47. The molecule has 0 aliphatic rings. The van der Waals surface area contributed by atoms with E-state index in [-0.39, 0.29) is 18.3 Å². The highest BCUT2D eigenvalue weighted by Gasteiger charge is 2.13. The number of carbonyl (C=O) groups is 1. The van der Waals surface area contributed by atoms with Crippen molar-refractivity contribution in [1.82, 2.24) is 4.98 Å². The van der Waals surface area contributed by atoms with Gasteiger partial charge in [0, 0.05) is 10.4 Å². The van der Waals surface area contributed by atoms with Gasteiger partial charge in [-0.15, -0.1) is 11.3 Å². The van der Waals surface area contributed by atoms with Crippen molar-refractivity contribution in [2.24, 2.45) is 0 Å². The van der Waals surface area contributed by atoms with Crippen LogP contribution in [0.4, 0.5) is 9.52 Å². The van der Waals surface area contributed by atoms with Crippen LogP contribution < -0.4 is 14.8 Å². The van der Waals surface area contributed by atoms with E-state index in [1.54, 1.807) is 24.3 Å². The van der Waals surface area contributed by atoms with Gasteiger partial charge in [-0.05, 0) is 50.2 Å². The number of rotatable bonds is 7. The zero-order valence-electron chi connectivity index (χ0n) is 15.0. The topological polar surface area (TPSA) is 60.5 Å². The minimum atomic E-state index is -0.319. The number of aromatic nitrogens is 1. The molecule has 0 fully saturated rings. The smallest absolute Gasteiger partial charge is 0.264 e. The Bertz CT molecular complexity index is 925. The minimum absolute atomic E-state index is 0.158. The van der Waals surface area contributed by atoms with Gasteiger partial charge in [0.2, 0.25) is 0 Å². The first-order valence-electron chi connectivity index (χ1n) is 8.44. The Hall–Kier alpha value is -2.93. The molecule has 0 saturated carbocycles. The fraction of sp³-hybridized carbons (Fsp3) is 0.200. The maximum absolute atomic E-state index is 13.1. The van der Waals surface area contributed by atoms with Crippen LogP contribution in [0.25, 0.3) is 11.3 Å². The van der Waals surface area contributed by atoms with E-state index in [1.807, 2.05) is 26.0 Å². The van der Waals surface area contributed by atoms with E-state index >= 15 is 0 Å². The van der Waals surface area contributed by atoms with Crippen LogP contribution in [0.5, 0.6) is 11.5 Å². The monoisotopic (exact) mass is 386 g/mol. The summed E-state index contributed by atoms with van der Waals surface area (Å²) in [5.74, 6) is 0.485. The number of benzene rings is 2. The van der Waals surface area contributed by atoms with Crippen LogP contribution in [-0.2, 0) is 4.79 Å². The van der Waals surface area contributed by atoms with Crippen molar-refractivity contribution in [1.29, 1.82) is 0 Å². The Morgan fingerprint density at radius 1 is 1.11 bits per heavy atom. The molecule has 5 nitrogen and oxygen atoms in total. The zero-order chi connectivity index (χ0) is 19.2. The molecular weight excluding hydrogens is 367 g/mol. The lowest BCUT2D eigenvalue weighted by atomic mass is 10.1. The van der Waals surface area contributed by atoms with Crippen molar-refractivity contribution in [3.8, 4) is 22.8 Å². The van der Waals surface area contributed by atoms with Gasteiger partial charge in [-0.2, -0.15) is 0 Å². The van der Waals surface area contributed by atoms with Crippen molar-refractivity contribution >= 4 is 22.4 Å². The standard InChI is InChI=1S/C20H19FN2O3S/c1-3-25-16-6-4-5-7-17(16)26-12-18(24)22-20-23-19(13(2)27-20)14-8-10-15(21)11-9-14/h4-11H,3,12H2,1-2H3,(H,22,23,24). The molecule has 3 aromatic rings. The third-order valence-corrected chi connectivity index (χ3v) is 4.55. The number of thiazole rings is 1. The van der Waals surface area contributed by atoms with Crippen molar-refractivity contribution in [2.75, 3.05) is 18.5 Å². The molecule has 0 unspecified atom stereocenters. The molecule has 2 aromatic carbocycles. The molecule has 7 heteroatoms. The van der Waals surface area contributed by atoms with Crippen LogP contribution in [0.3, 0.4) is 0 Å². The first-order valence-corrected chi connectivity index (χ1v) is 9.26. The number of hydrogen-bond acceptors (Lipinski definition) is 5. The second-order valence-electron chi connectivity index (χ2n) is 5.65. The summed E-state index contributed by atoms with van der Waals surface area (Å²) in [7, 11) is 0. The van der Waals surface area contributed by atoms with Crippen LogP contribution in [-0.4, -0.2) is 24.1 Å². The SMILES string of the molecule is CCOc1ccccc1OCC(=O)Nc1nc(-c2ccc(F)cc2)c(C)s1. The van der Waals surface area contributed by atoms with E-state index in [0.717, 1.165) is 16.1 Å². The van der Waals surface area contributed by atoms with Crippen LogP contribution >= 0.6 is 11.3 Å². The second kappa shape index (κ2) is 8.64. The molecule has 140 valence electrons. The van der Waals surface area contributed by atoms with E-state index in [1.165, 1.54) is 23.5 Å². The lowest BCUT2D eigenvalue weighted by Gasteiger charge is -2.10. The van der Waals surface area contributed by atoms with Gasteiger partial charge in [0.15, 0.2) is 23.2 Å². The molecule has 1 N–H and O–H groups in total. The normalized spacial score (nSPS) is 10.5. The molecule has 0 spiro atoms. The highest BCUT2D eigenvalue weighted by atomic mass is 32.1. The van der Waals surface area contributed by atoms with Crippen LogP contribution in [0.15, 0.2) is 48.5 Å². The van der Waals surface area contributed by atoms with Gasteiger partial charge in [0.1, 0.15) is 5.82 Å². The maximum atomic E-state index is 13.1. The number of nitrogens with zero attached hydrogens (tertiary/aromatic N) is 1. The molecule has 1 heterocycles. The summed E-state index contributed by atoms with van der Waals surface area (Å²) in [5.41, 5.74) is 1.52. The molecule has 0 aliphatic carbocycles. The van der Waals surface area contributed by atoms with Crippen molar-refractivity contribution in [3.05, 3.63) is 59.2 Å². The Labute approximate surface area is 160 Å². The zero-order valence-corrected chi connectivity index (χ0v) is 15.8. The highest BCUT2D eigenvalue weighted by molar-refractivity contribution is 7.16. The number of aryl methyl sites for hydroxylation is 1.